The molecule has 1 aliphatic rings. The number of amides is 1. The molecular weight excluding hydrogens is 504 g/mol. The Hall–Kier alpha value is -0.680. The number of likely N-dealkylation sites (tertiary alicyclic amines) is 1. The van der Waals surface area contributed by atoms with Gasteiger partial charge in [0.15, 0.2) is 0 Å². The van der Waals surface area contributed by atoms with E-state index in [0.29, 0.717) is 22.0 Å². The Balaban J connectivity index is 2.17. The van der Waals surface area contributed by atoms with Crippen LogP contribution in [0.15, 0.2) is 32.0 Å². The van der Waals surface area contributed by atoms with Gasteiger partial charge in [-0.2, -0.15) is 0 Å². The number of rotatable bonds is 5. The van der Waals surface area contributed by atoms with E-state index in [4.69, 9.17) is 9.47 Å². The predicted molar refractivity (Wildman–Crippen MR) is 109 cm³/mol. The normalized spacial score (nSPS) is 20.7. The van der Waals surface area contributed by atoms with E-state index in [1.165, 1.54) is 11.0 Å². The van der Waals surface area contributed by atoms with Gasteiger partial charge in [-0.3, -0.25) is 0 Å². The van der Waals surface area contributed by atoms with Gasteiger partial charge in [0.05, 0.1) is 17.5 Å². The highest BCUT2D eigenvalue weighted by Crippen LogP contribution is 2.28. The summed E-state index contributed by atoms with van der Waals surface area (Å²) in [5, 5.41) is 0. The molecule has 0 radical (unpaired) electrons. The molecule has 1 heterocycles. The number of methoxy groups -OCH3 is 1. The van der Waals surface area contributed by atoms with Crippen LogP contribution in [0, 0.1) is 0 Å². The second-order valence-electron chi connectivity index (χ2n) is 7.37. The average molecular weight is 528 g/mol. The summed E-state index contributed by atoms with van der Waals surface area (Å²) < 4.78 is 40.1. The molecule has 1 aromatic rings. The van der Waals surface area contributed by atoms with Gasteiger partial charge in [0, 0.05) is 28.6 Å². The first-order chi connectivity index (χ1) is 12.4. The van der Waals surface area contributed by atoms with Crippen LogP contribution in [-0.2, 0) is 19.5 Å². The SMILES string of the molecule is COC[C@H]1C[C@@H](NS(=O)(=O)c2cc(Br)ccc2Br)CN1C(=O)OC(C)(C)C. The molecule has 0 spiro atoms. The highest BCUT2D eigenvalue weighted by molar-refractivity contribution is 9.11. The highest BCUT2D eigenvalue weighted by atomic mass is 79.9. The molecule has 10 heteroatoms. The lowest BCUT2D eigenvalue weighted by Crippen LogP contribution is -2.43. The Morgan fingerprint density at radius 2 is 2.00 bits per heavy atom. The topological polar surface area (TPSA) is 84.9 Å². The minimum Gasteiger partial charge on any atom is -0.444 e. The molecule has 0 saturated carbocycles. The molecule has 1 aromatic carbocycles. The molecule has 2 atom stereocenters. The maximum Gasteiger partial charge on any atom is 0.410 e. The van der Waals surface area contributed by atoms with E-state index in [9.17, 15) is 13.2 Å². The molecule has 27 heavy (non-hydrogen) atoms. The summed E-state index contributed by atoms with van der Waals surface area (Å²) in [6, 6.07) is 4.24. The fourth-order valence-electron chi connectivity index (χ4n) is 2.86. The van der Waals surface area contributed by atoms with Crippen LogP contribution in [0.25, 0.3) is 0 Å². The lowest BCUT2D eigenvalue weighted by molar-refractivity contribution is 0.0147. The zero-order valence-electron chi connectivity index (χ0n) is 15.7. The van der Waals surface area contributed by atoms with Crippen LogP contribution >= 0.6 is 31.9 Å². The molecule has 7 nitrogen and oxygen atoms in total. The molecule has 1 amide bonds. The molecule has 0 aliphatic carbocycles. The number of hydrogen-bond donors (Lipinski definition) is 1. The second kappa shape index (κ2) is 8.77. The van der Waals surface area contributed by atoms with Crippen LogP contribution in [0.4, 0.5) is 4.79 Å². The first-order valence-corrected chi connectivity index (χ1v) is 11.5. The standard InChI is InChI=1S/C17H24Br2N2O5S/c1-17(2,3)26-16(22)21-9-12(8-13(21)10-25-4)20-27(23,24)15-7-11(18)5-6-14(15)19/h5-7,12-13,20H,8-10H2,1-4H3/t12-,13-/m1/s1. The van der Waals surface area contributed by atoms with Gasteiger partial charge in [-0.1, -0.05) is 15.9 Å². The maximum atomic E-state index is 12.8. The number of carbonyl (C=O) groups excluding carboxylic acids is 1. The Kier molecular flexibility index (Phi) is 7.34. The minimum atomic E-state index is -3.77. The lowest BCUT2D eigenvalue weighted by atomic mass is 10.2. The number of hydrogen-bond acceptors (Lipinski definition) is 5. The zero-order valence-corrected chi connectivity index (χ0v) is 19.6. The summed E-state index contributed by atoms with van der Waals surface area (Å²) in [4.78, 5) is 14.1. The largest absolute Gasteiger partial charge is 0.444 e. The maximum absolute atomic E-state index is 12.8. The number of benzene rings is 1. The number of ether oxygens (including phenoxy) is 2. The summed E-state index contributed by atoms with van der Waals surface area (Å²) in [6.45, 7) is 5.89. The Morgan fingerprint density at radius 1 is 1.33 bits per heavy atom. The third-order valence-electron chi connectivity index (χ3n) is 3.91. The number of halogens is 2. The van der Waals surface area contributed by atoms with E-state index in [-0.39, 0.29) is 17.5 Å². The van der Waals surface area contributed by atoms with Gasteiger partial charge < -0.3 is 14.4 Å². The molecule has 1 aliphatic heterocycles. The van der Waals surface area contributed by atoms with Gasteiger partial charge in [-0.05, 0) is 61.3 Å². The van der Waals surface area contributed by atoms with Crippen LogP contribution in [0.1, 0.15) is 27.2 Å². The van der Waals surface area contributed by atoms with E-state index in [2.05, 4.69) is 36.6 Å². The molecule has 1 saturated heterocycles. The van der Waals surface area contributed by atoms with Crippen LogP contribution in [-0.4, -0.2) is 57.4 Å². The number of carbonyl (C=O) groups is 1. The number of sulfonamides is 1. The smallest absolute Gasteiger partial charge is 0.410 e. The molecule has 1 N–H and O–H groups in total. The summed E-state index contributed by atoms with van der Waals surface area (Å²) in [6.07, 6.45) is -0.0346. The Labute approximate surface area is 177 Å². The van der Waals surface area contributed by atoms with E-state index in [1.54, 1.807) is 40.0 Å². The summed E-state index contributed by atoms with van der Waals surface area (Å²) in [5.74, 6) is 0. The third-order valence-corrected chi connectivity index (χ3v) is 6.91. The van der Waals surface area contributed by atoms with Crippen molar-refractivity contribution in [1.29, 1.82) is 0 Å². The van der Waals surface area contributed by atoms with Gasteiger partial charge in [0.25, 0.3) is 0 Å². The number of nitrogens with zero attached hydrogens (tertiary/aromatic N) is 1. The van der Waals surface area contributed by atoms with Crippen molar-refractivity contribution in [3.63, 3.8) is 0 Å². The number of nitrogens with one attached hydrogen (secondary N) is 1. The van der Waals surface area contributed by atoms with Gasteiger partial charge in [0.2, 0.25) is 10.0 Å². The van der Waals surface area contributed by atoms with Crippen molar-refractivity contribution in [2.75, 3.05) is 20.3 Å². The fraction of sp³-hybridized carbons (Fsp3) is 0.588. The second-order valence-corrected chi connectivity index (χ2v) is 10.8. The van der Waals surface area contributed by atoms with Crippen molar-refractivity contribution < 1.29 is 22.7 Å². The molecule has 0 unspecified atom stereocenters. The monoisotopic (exact) mass is 526 g/mol. The van der Waals surface area contributed by atoms with E-state index < -0.39 is 27.8 Å². The predicted octanol–water partition coefficient (Wildman–Crippen LogP) is 3.51. The fourth-order valence-corrected chi connectivity index (χ4v) is 5.60. The van der Waals surface area contributed by atoms with Crippen LogP contribution in [0.2, 0.25) is 0 Å². The zero-order chi connectivity index (χ0) is 20.4. The molecule has 0 aromatic heterocycles. The van der Waals surface area contributed by atoms with Gasteiger partial charge >= 0.3 is 6.09 Å². The van der Waals surface area contributed by atoms with Crippen molar-refractivity contribution in [3.8, 4) is 0 Å². The molecule has 1 fully saturated rings. The van der Waals surface area contributed by atoms with Crippen molar-refractivity contribution in [2.24, 2.45) is 0 Å². The average Bonchev–Trinajstić information content (AvgIpc) is 2.90. The van der Waals surface area contributed by atoms with E-state index in [0.717, 1.165) is 0 Å². The van der Waals surface area contributed by atoms with Gasteiger partial charge in [-0.15, -0.1) is 0 Å². The van der Waals surface area contributed by atoms with Crippen molar-refractivity contribution in [2.45, 2.75) is 49.8 Å². The van der Waals surface area contributed by atoms with E-state index in [1.807, 2.05) is 0 Å². The van der Waals surface area contributed by atoms with Crippen molar-refractivity contribution in [1.82, 2.24) is 9.62 Å². The third kappa shape index (κ3) is 6.15. The highest BCUT2D eigenvalue weighted by Gasteiger charge is 2.39. The van der Waals surface area contributed by atoms with Gasteiger partial charge in [-0.25, -0.2) is 17.9 Å². The van der Waals surface area contributed by atoms with Gasteiger partial charge in [0.1, 0.15) is 5.60 Å². The molecular formula is C17H24Br2N2O5S. The Morgan fingerprint density at radius 3 is 2.59 bits per heavy atom. The molecule has 152 valence electrons. The summed E-state index contributed by atoms with van der Waals surface area (Å²) >= 11 is 6.57. The molecule has 0 bridgehead atoms. The van der Waals surface area contributed by atoms with Crippen LogP contribution < -0.4 is 4.72 Å². The van der Waals surface area contributed by atoms with E-state index >= 15 is 0 Å². The molecule has 2 rings (SSSR count). The summed E-state index contributed by atoms with van der Waals surface area (Å²) in [5.41, 5.74) is -0.631. The minimum absolute atomic E-state index is 0.135. The van der Waals surface area contributed by atoms with Crippen molar-refractivity contribution >= 4 is 48.0 Å². The van der Waals surface area contributed by atoms with Crippen LogP contribution in [0.5, 0.6) is 0 Å². The first kappa shape index (κ1) is 22.6. The quantitative estimate of drug-likeness (QED) is 0.633. The van der Waals surface area contributed by atoms with Crippen molar-refractivity contribution in [3.05, 3.63) is 27.1 Å². The first-order valence-electron chi connectivity index (χ1n) is 8.39. The summed E-state index contributed by atoms with van der Waals surface area (Å²) in [7, 11) is -2.22. The lowest BCUT2D eigenvalue weighted by Gasteiger charge is -2.28. The van der Waals surface area contributed by atoms with Crippen LogP contribution in [0.3, 0.4) is 0 Å². The Bertz CT molecular complexity index is 795.